The minimum atomic E-state index is -0.537. The first-order valence-electron chi connectivity index (χ1n) is 13.3. The Labute approximate surface area is 244 Å². The second kappa shape index (κ2) is 14.6. The largest absolute Gasteiger partial charge is 0.495 e. The number of urea groups is 1. The van der Waals surface area contributed by atoms with E-state index in [2.05, 4.69) is 10.6 Å². The molecule has 222 valence electrons. The van der Waals surface area contributed by atoms with E-state index in [0.717, 1.165) is 5.56 Å². The van der Waals surface area contributed by atoms with Gasteiger partial charge in [-0.2, -0.15) is 0 Å². The van der Waals surface area contributed by atoms with Crippen LogP contribution in [0.25, 0.3) is 0 Å². The van der Waals surface area contributed by atoms with Gasteiger partial charge in [0, 0.05) is 5.69 Å². The molecule has 0 aliphatic heterocycles. The lowest BCUT2D eigenvalue weighted by molar-refractivity contribution is -0.748. The van der Waals surface area contributed by atoms with Crippen molar-refractivity contribution in [2.24, 2.45) is 0 Å². The van der Waals surface area contributed by atoms with Crippen LogP contribution in [0.15, 0.2) is 60.7 Å². The maximum atomic E-state index is 13.2. The number of amides is 4. The quantitative estimate of drug-likeness (QED) is 0.171. The molecule has 0 saturated carbocycles. The van der Waals surface area contributed by atoms with Gasteiger partial charge < -0.3 is 29.6 Å². The monoisotopic (exact) mass is 578 g/mol. The van der Waals surface area contributed by atoms with E-state index in [-0.39, 0.29) is 32.1 Å². The van der Waals surface area contributed by atoms with Crippen LogP contribution < -0.4 is 24.8 Å². The number of likely N-dealkylation sites (N-methyl/N-ethyl adjacent to an activating group) is 1. The van der Waals surface area contributed by atoms with Gasteiger partial charge in [-0.25, -0.2) is 23.7 Å². The summed E-state index contributed by atoms with van der Waals surface area (Å²) in [7, 11) is 4.41. The topological polar surface area (TPSA) is 129 Å². The number of carbonyl (C=O) groups excluding carboxylic acids is 4. The minimum Gasteiger partial charge on any atom is -0.495 e. The highest BCUT2D eigenvalue weighted by atomic mass is 16.5. The normalized spacial score (nSPS) is 11.9. The predicted octanol–water partition coefficient (Wildman–Crippen LogP) is 4.58. The number of aryl methyl sites for hydroxylation is 1. The van der Waals surface area contributed by atoms with E-state index < -0.39 is 16.5 Å². The molecule has 3 rings (SSSR count). The molecule has 2 N–H and O–H groups in total. The number of ether oxygens (including phenoxy) is 4. The van der Waals surface area contributed by atoms with Crippen LogP contribution in [0.4, 0.5) is 16.2 Å². The zero-order chi connectivity index (χ0) is 30.7. The number of benzene rings is 3. The number of hydrogen-bond acceptors (Lipinski definition) is 8. The first-order chi connectivity index (χ1) is 20.1. The van der Waals surface area contributed by atoms with Crippen LogP contribution in [0, 0.1) is 6.92 Å². The SMILES string of the molecule is CCOC(=O)c1ccc(OCC[N+](C)(C=O)C(=O)Cc2ccc(NC(=O)Nc3ccccc3C)c(OC)c2)c(OC)c1. The Hall–Kier alpha value is -4.90. The van der Waals surface area contributed by atoms with E-state index in [4.69, 9.17) is 18.9 Å². The highest BCUT2D eigenvalue weighted by molar-refractivity contribution is 6.01. The summed E-state index contributed by atoms with van der Waals surface area (Å²) in [4.78, 5) is 49.7. The lowest BCUT2D eigenvalue weighted by Crippen LogP contribution is -2.51. The van der Waals surface area contributed by atoms with Gasteiger partial charge >= 0.3 is 24.3 Å². The van der Waals surface area contributed by atoms with Gasteiger partial charge in [0.1, 0.15) is 18.9 Å². The molecule has 0 fully saturated rings. The number of hydrogen-bond donors (Lipinski definition) is 2. The van der Waals surface area contributed by atoms with Gasteiger partial charge in [0.2, 0.25) is 0 Å². The van der Waals surface area contributed by atoms with Gasteiger partial charge in [-0.1, -0.05) is 24.3 Å². The third kappa shape index (κ3) is 8.07. The molecule has 0 aliphatic carbocycles. The fraction of sp³-hybridized carbons (Fsp3) is 0.290. The number of imide groups is 1. The van der Waals surface area contributed by atoms with Crippen molar-refractivity contribution in [3.8, 4) is 17.2 Å². The van der Waals surface area contributed by atoms with Gasteiger partial charge in [-0.05, 0) is 61.4 Å². The van der Waals surface area contributed by atoms with Gasteiger partial charge in [0.25, 0.3) is 0 Å². The molecule has 11 heteroatoms. The highest BCUT2D eigenvalue weighted by Crippen LogP contribution is 2.29. The summed E-state index contributed by atoms with van der Waals surface area (Å²) < 4.78 is 21.0. The van der Waals surface area contributed by atoms with Gasteiger partial charge in [-0.3, -0.25) is 0 Å². The van der Waals surface area contributed by atoms with Crippen molar-refractivity contribution in [2.75, 3.05) is 51.7 Å². The van der Waals surface area contributed by atoms with Crippen LogP contribution in [0.5, 0.6) is 17.2 Å². The van der Waals surface area contributed by atoms with Crippen molar-refractivity contribution in [3.63, 3.8) is 0 Å². The summed E-state index contributed by atoms with van der Waals surface area (Å²) in [6, 6.07) is 16.5. The number of quaternary nitrogens is 1. The molecule has 3 aromatic rings. The lowest BCUT2D eigenvalue weighted by Gasteiger charge is -2.24. The third-order valence-corrected chi connectivity index (χ3v) is 6.55. The Morgan fingerprint density at radius 3 is 2.26 bits per heavy atom. The predicted molar refractivity (Wildman–Crippen MR) is 157 cm³/mol. The molecule has 3 aromatic carbocycles. The summed E-state index contributed by atoms with van der Waals surface area (Å²) >= 11 is 0. The average Bonchev–Trinajstić information content (AvgIpc) is 2.99. The molecule has 11 nitrogen and oxygen atoms in total. The third-order valence-electron chi connectivity index (χ3n) is 6.55. The summed E-state index contributed by atoms with van der Waals surface area (Å²) in [5.41, 5.74) is 2.93. The second-order valence-electron chi connectivity index (χ2n) is 9.53. The number of carbonyl (C=O) groups is 4. The summed E-state index contributed by atoms with van der Waals surface area (Å²) in [5, 5.41) is 5.55. The smallest absolute Gasteiger partial charge is 0.338 e. The van der Waals surface area contributed by atoms with Crippen LogP contribution >= 0.6 is 0 Å². The van der Waals surface area contributed by atoms with Crippen LogP contribution in [0.2, 0.25) is 0 Å². The molecule has 0 saturated heterocycles. The molecule has 0 spiro atoms. The average molecular weight is 579 g/mol. The zero-order valence-electron chi connectivity index (χ0n) is 24.4. The number of nitrogens with one attached hydrogen (secondary N) is 2. The molecule has 1 atom stereocenters. The molecule has 0 heterocycles. The van der Waals surface area contributed by atoms with Crippen LogP contribution in [0.3, 0.4) is 0 Å². The van der Waals surface area contributed by atoms with E-state index in [0.29, 0.717) is 46.2 Å². The fourth-order valence-corrected chi connectivity index (χ4v) is 4.00. The molecule has 0 bridgehead atoms. The van der Waals surface area contributed by atoms with E-state index >= 15 is 0 Å². The summed E-state index contributed by atoms with van der Waals surface area (Å²) in [5.74, 6) is 0.194. The minimum absolute atomic E-state index is 0.0261. The molecule has 0 radical (unpaired) electrons. The Morgan fingerprint density at radius 2 is 1.60 bits per heavy atom. The first-order valence-corrected chi connectivity index (χ1v) is 13.3. The van der Waals surface area contributed by atoms with E-state index in [9.17, 15) is 19.2 Å². The Kier molecular flexibility index (Phi) is 11.0. The lowest BCUT2D eigenvalue weighted by atomic mass is 10.1. The van der Waals surface area contributed by atoms with E-state index in [1.165, 1.54) is 27.3 Å². The molecule has 0 aromatic heterocycles. The van der Waals surface area contributed by atoms with Crippen molar-refractivity contribution in [2.45, 2.75) is 20.3 Å². The van der Waals surface area contributed by atoms with Gasteiger partial charge in [0.15, 0.2) is 11.5 Å². The van der Waals surface area contributed by atoms with Gasteiger partial charge in [-0.15, -0.1) is 0 Å². The van der Waals surface area contributed by atoms with Crippen LogP contribution in [-0.4, -0.2) is 69.8 Å². The fourth-order valence-electron chi connectivity index (χ4n) is 4.00. The van der Waals surface area contributed by atoms with Crippen LogP contribution in [-0.2, 0) is 20.7 Å². The summed E-state index contributed by atoms with van der Waals surface area (Å²) in [6.45, 7) is 3.93. The number of para-hydroxylation sites is 1. The second-order valence-corrected chi connectivity index (χ2v) is 9.53. The van der Waals surface area contributed by atoms with Crippen LogP contribution in [0.1, 0.15) is 28.4 Å². The number of esters is 1. The summed E-state index contributed by atoms with van der Waals surface area (Å²) in [6.07, 6.45) is 0.509. The number of methoxy groups -OCH3 is 2. The number of nitrogens with zero attached hydrogens (tertiary/aromatic N) is 1. The number of rotatable bonds is 13. The standard InChI is InChI=1S/C31H35N3O8/c1-6-41-30(37)23-12-14-26(28(19-23)40-5)42-16-15-34(3,20-35)29(36)18-22-11-13-25(27(17-22)39-4)33-31(38)32-24-10-8-7-9-21(24)2/h7-14,17,19-20H,6,15-16,18H2,1-5H3,(H-,32,33,38)/p+1. The first kappa shape index (κ1) is 31.6. The molecular formula is C31H36N3O8+. The molecular weight excluding hydrogens is 542 g/mol. The van der Waals surface area contributed by atoms with Crippen molar-refractivity contribution in [3.05, 3.63) is 77.4 Å². The maximum absolute atomic E-state index is 13.2. The van der Waals surface area contributed by atoms with Crippen molar-refractivity contribution >= 4 is 35.7 Å². The maximum Gasteiger partial charge on any atom is 0.338 e. The highest BCUT2D eigenvalue weighted by Gasteiger charge is 2.32. The Bertz CT molecular complexity index is 1440. The number of anilines is 2. The zero-order valence-corrected chi connectivity index (χ0v) is 24.4. The van der Waals surface area contributed by atoms with Crippen molar-refractivity contribution in [1.29, 1.82) is 0 Å². The molecule has 1 unspecified atom stereocenters. The molecule has 42 heavy (non-hydrogen) atoms. The Morgan fingerprint density at radius 1 is 0.881 bits per heavy atom. The Balaban J connectivity index is 1.63. The van der Waals surface area contributed by atoms with Crippen molar-refractivity contribution in [1.82, 2.24) is 0 Å². The van der Waals surface area contributed by atoms with E-state index in [1.54, 1.807) is 43.3 Å². The van der Waals surface area contributed by atoms with Crippen molar-refractivity contribution < 1.29 is 42.6 Å². The van der Waals surface area contributed by atoms with E-state index in [1.807, 2.05) is 25.1 Å². The van der Waals surface area contributed by atoms with Gasteiger partial charge in [0.05, 0.1) is 45.5 Å². The molecule has 0 aliphatic rings. The molecule has 4 amide bonds.